The zero-order valence-electron chi connectivity index (χ0n) is 15.7. The van der Waals surface area contributed by atoms with E-state index in [9.17, 15) is 9.18 Å². The van der Waals surface area contributed by atoms with Crippen LogP contribution < -0.4 is 10.6 Å². The lowest BCUT2D eigenvalue weighted by molar-refractivity contribution is 0.240. The van der Waals surface area contributed by atoms with Crippen molar-refractivity contribution in [1.82, 2.24) is 20.6 Å². The molecule has 0 saturated carbocycles. The van der Waals surface area contributed by atoms with Gasteiger partial charge in [-0.05, 0) is 37.6 Å². The van der Waals surface area contributed by atoms with E-state index in [1.54, 1.807) is 25.1 Å². The molecule has 0 aliphatic carbocycles. The summed E-state index contributed by atoms with van der Waals surface area (Å²) in [6, 6.07) is 9.70. The molecule has 2 N–H and O–H groups in total. The number of carbonyl (C=O) groups is 1. The number of amides is 2. The molecule has 2 aromatic heterocycles. The summed E-state index contributed by atoms with van der Waals surface area (Å²) in [6.45, 7) is 3.69. The van der Waals surface area contributed by atoms with Gasteiger partial charge in [0.25, 0.3) is 0 Å². The summed E-state index contributed by atoms with van der Waals surface area (Å²) in [6.07, 6.45) is 1.37. The van der Waals surface area contributed by atoms with Crippen molar-refractivity contribution in [2.45, 2.75) is 19.9 Å². The fraction of sp³-hybridized carbons (Fsp3) is 0.143. The van der Waals surface area contributed by atoms with Gasteiger partial charge in [0.2, 0.25) is 5.95 Å². The lowest BCUT2D eigenvalue weighted by Crippen LogP contribution is -2.43. The van der Waals surface area contributed by atoms with Crippen molar-refractivity contribution in [2.75, 3.05) is 0 Å². The zero-order valence-corrected chi connectivity index (χ0v) is 16.5. The Morgan fingerprint density at radius 1 is 1.28 bits per heavy atom. The van der Waals surface area contributed by atoms with Gasteiger partial charge in [0.15, 0.2) is 0 Å². The normalized spacial score (nSPS) is 16.2. The Morgan fingerprint density at radius 2 is 2.10 bits per heavy atom. The highest BCUT2D eigenvalue weighted by molar-refractivity contribution is 7.11. The minimum atomic E-state index is -0.696. The summed E-state index contributed by atoms with van der Waals surface area (Å²) in [4.78, 5) is 20.5. The molecule has 0 fully saturated rings. The zero-order chi connectivity index (χ0) is 20.5. The van der Waals surface area contributed by atoms with Crippen LogP contribution in [0.15, 0.2) is 47.6 Å². The average Bonchev–Trinajstić information content (AvgIpc) is 3.16. The maximum Gasteiger partial charge on any atom is 0.319 e. The lowest BCUT2D eigenvalue weighted by Gasteiger charge is -2.28. The molecule has 29 heavy (non-hydrogen) atoms. The van der Waals surface area contributed by atoms with E-state index in [2.05, 4.69) is 21.7 Å². The van der Waals surface area contributed by atoms with Crippen LogP contribution in [0.5, 0.6) is 0 Å². The van der Waals surface area contributed by atoms with Crippen LogP contribution in [0.25, 0.3) is 16.8 Å². The highest BCUT2D eigenvalue weighted by Gasteiger charge is 2.31. The molecule has 0 bridgehead atoms. The minimum Gasteiger partial charge on any atom is -0.327 e. The highest BCUT2D eigenvalue weighted by atomic mass is 32.1. The summed E-state index contributed by atoms with van der Waals surface area (Å²) >= 11 is 1.41. The third-order valence-electron chi connectivity index (χ3n) is 4.73. The summed E-state index contributed by atoms with van der Waals surface area (Å²) in [5, 5.41) is 17.2. The first-order valence-corrected chi connectivity index (χ1v) is 9.71. The number of hydrogen-bond donors (Lipinski definition) is 2. The first kappa shape index (κ1) is 18.8. The molecular formula is C21H16FN5OS. The number of aromatic nitrogens is 2. The molecule has 1 aliphatic heterocycles. The number of hydrogen-bond acceptors (Lipinski definition) is 5. The molecule has 144 valence electrons. The van der Waals surface area contributed by atoms with Gasteiger partial charge in [-0.2, -0.15) is 9.65 Å². The summed E-state index contributed by atoms with van der Waals surface area (Å²) < 4.78 is 14.4. The number of aryl methyl sites for hydroxylation is 1. The Balaban J connectivity index is 1.79. The molecule has 1 atom stereocenters. The highest BCUT2D eigenvalue weighted by Crippen LogP contribution is 2.38. The van der Waals surface area contributed by atoms with Crippen molar-refractivity contribution in [3.05, 3.63) is 75.3 Å². The number of allylic oxidation sites excluding steroid dienone is 1. The largest absolute Gasteiger partial charge is 0.327 e. The Morgan fingerprint density at radius 3 is 2.83 bits per heavy atom. The van der Waals surface area contributed by atoms with Crippen LogP contribution in [0.2, 0.25) is 0 Å². The topological polar surface area (TPSA) is 90.7 Å². The van der Waals surface area contributed by atoms with E-state index in [0.717, 1.165) is 16.8 Å². The van der Waals surface area contributed by atoms with Gasteiger partial charge in [-0.25, -0.2) is 14.8 Å². The third-order valence-corrected chi connectivity index (χ3v) is 5.61. The Kier molecular flexibility index (Phi) is 4.82. The fourth-order valence-corrected chi connectivity index (χ4v) is 4.32. The smallest absolute Gasteiger partial charge is 0.319 e. The Labute approximate surface area is 170 Å². The number of rotatable bonds is 3. The molecule has 0 radical (unpaired) electrons. The van der Waals surface area contributed by atoms with Crippen LogP contribution in [-0.4, -0.2) is 16.0 Å². The number of nitriles is 1. The van der Waals surface area contributed by atoms with Gasteiger partial charge in [-0.3, -0.25) is 0 Å². The van der Waals surface area contributed by atoms with Gasteiger partial charge in [-0.1, -0.05) is 12.1 Å². The standard InChI is InChI=1S/C21H16FN5OS/c1-11-8-13(9-23)5-6-14(11)16-10-29-20(26-16)17-12(2)25-21(28)27-18(17)15-4-3-7-24-19(15)22/h3-8,10,18H,1-2H3,(H2,25,27,28). The average molecular weight is 405 g/mol. The monoisotopic (exact) mass is 405 g/mol. The number of thiazole rings is 1. The number of pyridine rings is 1. The SMILES string of the molecule is CC1=C(c2nc(-c3ccc(C#N)cc3C)cs2)C(c2cccnc2F)NC(=O)N1. The molecule has 0 saturated heterocycles. The van der Waals surface area contributed by atoms with Crippen molar-refractivity contribution in [2.24, 2.45) is 0 Å². The minimum absolute atomic E-state index is 0.281. The lowest BCUT2D eigenvalue weighted by atomic mass is 9.97. The van der Waals surface area contributed by atoms with Crippen molar-refractivity contribution in [3.8, 4) is 17.3 Å². The Bertz CT molecular complexity index is 1190. The second-order valence-corrected chi connectivity index (χ2v) is 7.49. The van der Waals surface area contributed by atoms with Crippen LogP contribution in [0, 0.1) is 24.2 Å². The summed E-state index contributed by atoms with van der Waals surface area (Å²) in [5.41, 5.74) is 4.79. The van der Waals surface area contributed by atoms with Crippen LogP contribution in [0.4, 0.5) is 9.18 Å². The second-order valence-electron chi connectivity index (χ2n) is 6.63. The van der Waals surface area contributed by atoms with Gasteiger partial charge in [0.1, 0.15) is 5.01 Å². The Hall–Kier alpha value is -3.57. The van der Waals surface area contributed by atoms with Crippen molar-refractivity contribution < 1.29 is 9.18 Å². The molecule has 3 heterocycles. The predicted octanol–water partition coefficient (Wildman–Crippen LogP) is 4.31. The van der Waals surface area contributed by atoms with Gasteiger partial charge in [0.05, 0.1) is 23.4 Å². The molecule has 1 aromatic carbocycles. The van der Waals surface area contributed by atoms with Crippen LogP contribution in [0.3, 0.4) is 0 Å². The molecule has 3 aromatic rings. The maximum absolute atomic E-state index is 14.4. The van der Waals surface area contributed by atoms with Crippen molar-refractivity contribution in [1.29, 1.82) is 5.26 Å². The molecule has 1 unspecified atom stereocenters. The van der Waals surface area contributed by atoms with E-state index >= 15 is 0 Å². The first-order valence-electron chi connectivity index (χ1n) is 8.83. The molecule has 0 spiro atoms. The molecule has 6 nitrogen and oxygen atoms in total. The van der Waals surface area contributed by atoms with Gasteiger partial charge in [0, 0.05) is 34.0 Å². The molecule has 2 amide bonds. The predicted molar refractivity (Wildman–Crippen MR) is 108 cm³/mol. The van der Waals surface area contributed by atoms with Crippen molar-refractivity contribution >= 4 is 22.9 Å². The number of halogens is 1. The molecule has 4 rings (SSSR count). The second kappa shape index (κ2) is 7.45. The van der Waals surface area contributed by atoms with Gasteiger partial charge in [-0.15, -0.1) is 11.3 Å². The molecule has 8 heteroatoms. The summed E-state index contributed by atoms with van der Waals surface area (Å²) in [5.74, 6) is -0.635. The first-order chi connectivity index (χ1) is 14.0. The van der Waals surface area contributed by atoms with E-state index in [-0.39, 0.29) is 5.56 Å². The van der Waals surface area contributed by atoms with E-state index in [1.807, 2.05) is 24.4 Å². The van der Waals surface area contributed by atoms with E-state index in [0.29, 0.717) is 21.8 Å². The number of benzene rings is 1. The summed E-state index contributed by atoms with van der Waals surface area (Å²) in [7, 11) is 0. The number of nitrogens with one attached hydrogen (secondary N) is 2. The molecular weight excluding hydrogens is 389 g/mol. The maximum atomic E-state index is 14.4. The van der Waals surface area contributed by atoms with Crippen LogP contribution >= 0.6 is 11.3 Å². The quantitative estimate of drug-likeness (QED) is 0.636. The van der Waals surface area contributed by atoms with E-state index < -0.39 is 18.0 Å². The third kappa shape index (κ3) is 3.48. The van der Waals surface area contributed by atoms with Crippen LogP contribution in [-0.2, 0) is 0 Å². The van der Waals surface area contributed by atoms with Crippen molar-refractivity contribution in [3.63, 3.8) is 0 Å². The fourth-order valence-electron chi connectivity index (χ4n) is 3.37. The number of urea groups is 1. The van der Waals surface area contributed by atoms with E-state index in [1.165, 1.54) is 17.5 Å². The van der Waals surface area contributed by atoms with Gasteiger partial charge < -0.3 is 10.6 Å². The van der Waals surface area contributed by atoms with E-state index in [4.69, 9.17) is 10.2 Å². The molecule has 1 aliphatic rings. The van der Waals surface area contributed by atoms with Crippen LogP contribution in [0.1, 0.15) is 34.7 Å². The number of nitrogens with zero attached hydrogens (tertiary/aromatic N) is 3. The number of carbonyl (C=O) groups excluding carboxylic acids is 1. The van der Waals surface area contributed by atoms with Gasteiger partial charge >= 0.3 is 6.03 Å².